The van der Waals surface area contributed by atoms with Crippen LogP contribution in [0.15, 0.2) is 15.3 Å². The van der Waals surface area contributed by atoms with Crippen molar-refractivity contribution in [1.82, 2.24) is 0 Å². The predicted molar refractivity (Wildman–Crippen MR) is 58.9 cm³/mol. The average Bonchev–Trinajstić information content (AvgIpc) is 2.09. The maximum Gasteiger partial charge on any atom is 0.339 e. The first-order valence-electron chi connectivity index (χ1n) is 5.23. The van der Waals surface area contributed by atoms with E-state index in [0.29, 0.717) is 23.7 Å². The molecule has 1 atom stereocenters. The molecule has 1 N–H and O–H groups in total. The van der Waals surface area contributed by atoms with E-state index in [1.807, 2.05) is 13.0 Å². The van der Waals surface area contributed by atoms with Crippen molar-refractivity contribution in [2.24, 2.45) is 5.92 Å². The molecule has 0 aliphatic rings. The number of aliphatic hydroxyl groups excluding tert-OH is 1. The normalized spacial score (nSPS) is 13.2. The van der Waals surface area contributed by atoms with Crippen molar-refractivity contribution in [3.05, 3.63) is 33.4 Å². The van der Waals surface area contributed by atoms with Crippen molar-refractivity contribution < 1.29 is 9.52 Å². The third kappa shape index (κ3) is 2.93. The average molecular weight is 210 g/mol. The summed E-state index contributed by atoms with van der Waals surface area (Å²) in [6, 6.07) is 1.81. The molecular weight excluding hydrogens is 192 g/mol. The lowest BCUT2D eigenvalue weighted by Gasteiger charge is -2.09. The molecule has 1 unspecified atom stereocenters. The third-order valence-corrected chi connectivity index (χ3v) is 2.25. The first-order valence-corrected chi connectivity index (χ1v) is 5.23. The number of hydrogen-bond acceptors (Lipinski definition) is 3. The SMILES string of the molecule is Cc1cc(CC(C)C)c(=O)oc1C(C)O. The molecule has 0 saturated carbocycles. The zero-order valence-electron chi connectivity index (χ0n) is 9.70. The zero-order chi connectivity index (χ0) is 11.6. The van der Waals surface area contributed by atoms with E-state index in [0.717, 1.165) is 5.56 Å². The molecule has 0 amide bonds. The van der Waals surface area contributed by atoms with Gasteiger partial charge in [-0.2, -0.15) is 0 Å². The summed E-state index contributed by atoms with van der Waals surface area (Å²) in [4.78, 5) is 11.6. The van der Waals surface area contributed by atoms with E-state index in [1.54, 1.807) is 6.92 Å². The molecule has 0 saturated heterocycles. The highest BCUT2D eigenvalue weighted by atomic mass is 16.4. The van der Waals surface area contributed by atoms with Crippen molar-refractivity contribution in [3.8, 4) is 0 Å². The van der Waals surface area contributed by atoms with E-state index in [4.69, 9.17) is 4.42 Å². The molecule has 15 heavy (non-hydrogen) atoms. The van der Waals surface area contributed by atoms with Crippen molar-refractivity contribution in [1.29, 1.82) is 0 Å². The van der Waals surface area contributed by atoms with Crippen molar-refractivity contribution in [2.75, 3.05) is 0 Å². The molecule has 0 bridgehead atoms. The molecule has 1 heterocycles. The van der Waals surface area contributed by atoms with E-state index in [-0.39, 0.29) is 5.63 Å². The van der Waals surface area contributed by atoms with Crippen LogP contribution in [0.2, 0.25) is 0 Å². The fraction of sp³-hybridized carbons (Fsp3) is 0.583. The van der Waals surface area contributed by atoms with Gasteiger partial charge in [0.15, 0.2) is 0 Å². The van der Waals surface area contributed by atoms with Crippen LogP contribution in [0.5, 0.6) is 0 Å². The fourth-order valence-corrected chi connectivity index (χ4v) is 1.63. The molecule has 1 rings (SSSR count). The van der Waals surface area contributed by atoms with Crippen molar-refractivity contribution >= 4 is 0 Å². The van der Waals surface area contributed by atoms with Gasteiger partial charge in [0.05, 0.1) is 0 Å². The highest BCUT2D eigenvalue weighted by Crippen LogP contribution is 2.16. The summed E-state index contributed by atoms with van der Waals surface area (Å²) in [6.45, 7) is 7.54. The lowest BCUT2D eigenvalue weighted by Crippen LogP contribution is -2.13. The summed E-state index contributed by atoms with van der Waals surface area (Å²) < 4.78 is 5.10. The number of rotatable bonds is 3. The van der Waals surface area contributed by atoms with Crippen LogP contribution < -0.4 is 5.63 Å². The molecule has 0 fully saturated rings. The standard InChI is InChI=1S/C12H18O3/c1-7(2)5-10-6-8(3)11(9(4)13)15-12(10)14/h6-7,9,13H,5H2,1-4H3. The summed E-state index contributed by atoms with van der Waals surface area (Å²) in [5.41, 5.74) is 1.19. The maximum absolute atomic E-state index is 11.6. The molecule has 3 heteroatoms. The molecule has 0 aliphatic carbocycles. The van der Waals surface area contributed by atoms with E-state index in [1.165, 1.54) is 0 Å². The summed E-state index contributed by atoms with van der Waals surface area (Å²) in [5.74, 6) is 0.789. The van der Waals surface area contributed by atoms with Crippen molar-refractivity contribution in [3.63, 3.8) is 0 Å². The lowest BCUT2D eigenvalue weighted by molar-refractivity contribution is 0.162. The highest BCUT2D eigenvalue weighted by molar-refractivity contribution is 5.22. The van der Waals surface area contributed by atoms with Crippen LogP contribution in [0.3, 0.4) is 0 Å². The lowest BCUT2D eigenvalue weighted by atomic mass is 10.0. The Morgan fingerprint density at radius 3 is 2.47 bits per heavy atom. The molecule has 0 aromatic carbocycles. The van der Waals surface area contributed by atoms with Crippen LogP contribution in [0.4, 0.5) is 0 Å². The van der Waals surface area contributed by atoms with E-state index < -0.39 is 6.10 Å². The molecule has 0 radical (unpaired) electrons. The summed E-state index contributed by atoms with van der Waals surface area (Å²) in [7, 11) is 0. The Bertz CT molecular complexity index is 388. The fourth-order valence-electron chi connectivity index (χ4n) is 1.63. The Balaban J connectivity index is 3.14. The molecule has 84 valence electrons. The summed E-state index contributed by atoms with van der Waals surface area (Å²) in [6.07, 6.45) is -0.0192. The predicted octanol–water partition coefficient (Wildman–Crippen LogP) is 2.20. The van der Waals surface area contributed by atoms with Gasteiger partial charge >= 0.3 is 5.63 Å². The van der Waals surface area contributed by atoms with Crippen LogP contribution >= 0.6 is 0 Å². The molecular formula is C12H18O3. The maximum atomic E-state index is 11.6. The van der Waals surface area contributed by atoms with Crippen LogP contribution in [0, 0.1) is 12.8 Å². The minimum absolute atomic E-state index is 0.329. The first-order chi connectivity index (χ1) is 6.91. The van der Waals surface area contributed by atoms with Gasteiger partial charge in [0.25, 0.3) is 0 Å². The molecule has 3 nitrogen and oxygen atoms in total. The number of aryl methyl sites for hydroxylation is 1. The van der Waals surface area contributed by atoms with Gasteiger partial charge in [0, 0.05) is 5.56 Å². The Morgan fingerprint density at radius 2 is 2.00 bits per heavy atom. The quantitative estimate of drug-likeness (QED) is 0.832. The van der Waals surface area contributed by atoms with E-state index >= 15 is 0 Å². The van der Waals surface area contributed by atoms with Crippen LogP contribution in [0.25, 0.3) is 0 Å². The second-order valence-corrected chi connectivity index (χ2v) is 4.38. The first kappa shape index (κ1) is 12.0. The topological polar surface area (TPSA) is 50.4 Å². The van der Waals surface area contributed by atoms with Crippen molar-refractivity contribution in [2.45, 2.75) is 40.2 Å². The van der Waals surface area contributed by atoms with Crippen LogP contribution in [-0.2, 0) is 6.42 Å². The molecule has 0 aliphatic heterocycles. The Morgan fingerprint density at radius 1 is 1.40 bits per heavy atom. The van der Waals surface area contributed by atoms with E-state index in [9.17, 15) is 9.90 Å². The van der Waals surface area contributed by atoms with Gasteiger partial charge in [-0.1, -0.05) is 13.8 Å². The van der Waals surface area contributed by atoms with Gasteiger partial charge in [-0.05, 0) is 37.8 Å². The largest absolute Gasteiger partial charge is 0.425 e. The smallest absolute Gasteiger partial charge is 0.339 e. The zero-order valence-corrected chi connectivity index (χ0v) is 9.70. The number of hydrogen-bond donors (Lipinski definition) is 1. The third-order valence-electron chi connectivity index (χ3n) is 2.25. The van der Waals surface area contributed by atoms with Gasteiger partial charge in [0.2, 0.25) is 0 Å². The second kappa shape index (κ2) is 4.62. The van der Waals surface area contributed by atoms with Gasteiger partial charge < -0.3 is 9.52 Å². The van der Waals surface area contributed by atoms with Crippen LogP contribution in [0.1, 0.15) is 43.8 Å². The molecule has 1 aromatic heterocycles. The van der Waals surface area contributed by atoms with Crippen LogP contribution in [-0.4, -0.2) is 5.11 Å². The number of aliphatic hydroxyl groups is 1. The van der Waals surface area contributed by atoms with Gasteiger partial charge in [-0.3, -0.25) is 0 Å². The van der Waals surface area contributed by atoms with Gasteiger partial charge in [0.1, 0.15) is 11.9 Å². The van der Waals surface area contributed by atoms with E-state index in [2.05, 4.69) is 13.8 Å². The summed E-state index contributed by atoms with van der Waals surface area (Å²) in [5, 5.41) is 9.37. The van der Waals surface area contributed by atoms with Gasteiger partial charge in [-0.15, -0.1) is 0 Å². The Hall–Kier alpha value is -1.09. The second-order valence-electron chi connectivity index (χ2n) is 4.38. The minimum Gasteiger partial charge on any atom is -0.425 e. The summed E-state index contributed by atoms with van der Waals surface area (Å²) >= 11 is 0. The highest BCUT2D eigenvalue weighted by Gasteiger charge is 2.12. The minimum atomic E-state index is -0.731. The monoisotopic (exact) mass is 210 g/mol. The molecule has 1 aromatic rings. The molecule has 0 spiro atoms. The Labute approximate surface area is 89.7 Å². The Kier molecular flexibility index (Phi) is 3.69. The van der Waals surface area contributed by atoms with Gasteiger partial charge in [-0.25, -0.2) is 4.79 Å².